The lowest BCUT2D eigenvalue weighted by Gasteiger charge is -2.09. The Labute approximate surface area is 172 Å². The number of nitrogens with two attached hydrogens (primary N) is 1. The van der Waals surface area contributed by atoms with E-state index in [9.17, 15) is 17.6 Å². The standard InChI is InChI=1S/C18H12FN5.C2HF3O2/c19-16-5-1-4-15(24-16)17-12(3-2-8-21-17)11-6-7-14-13(9-11)18(20)23-10-22-14;3-2(4,5)1(6)7/h1-10H,(H2,20,22,23);(H,6,7). The van der Waals surface area contributed by atoms with E-state index in [-0.39, 0.29) is 0 Å². The molecule has 158 valence electrons. The van der Waals surface area contributed by atoms with E-state index >= 15 is 0 Å². The number of aromatic nitrogens is 4. The summed E-state index contributed by atoms with van der Waals surface area (Å²) in [5, 5.41) is 7.89. The van der Waals surface area contributed by atoms with Crippen LogP contribution in [0.1, 0.15) is 0 Å². The lowest BCUT2D eigenvalue weighted by molar-refractivity contribution is -0.192. The Morgan fingerprint density at radius 3 is 2.42 bits per heavy atom. The predicted molar refractivity (Wildman–Crippen MR) is 104 cm³/mol. The Bertz CT molecular complexity index is 1250. The van der Waals surface area contributed by atoms with Gasteiger partial charge in [-0.1, -0.05) is 18.2 Å². The highest BCUT2D eigenvalue weighted by atomic mass is 19.4. The number of anilines is 1. The van der Waals surface area contributed by atoms with Gasteiger partial charge in [0, 0.05) is 17.1 Å². The number of pyridine rings is 2. The van der Waals surface area contributed by atoms with Gasteiger partial charge in [0.2, 0.25) is 5.95 Å². The first-order valence-electron chi connectivity index (χ1n) is 8.55. The molecule has 3 aromatic heterocycles. The van der Waals surface area contributed by atoms with Gasteiger partial charge in [-0.15, -0.1) is 0 Å². The third-order valence-corrected chi connectivity index (χ3v) is 3.99. The number of nitrogen functional groups attached to an aromatic ring is 1. The Hall–Kier alpha value is -4.15. The first kappa shape index (κ1) is 21.6. The zero-order valence-corrected chi connectivity index (χ0v) is 15.5. The average molecular weight is 431 g/mol. The summed E-state index contributed by atoms with van der Waals surface area (Å²) in [4.78, 5) is 25.4. The SMILES string of the molecule is Nc1ncnc2ccc(-c3cccnc3-c3cccc(F)n3)cc12.O=C(O)C(F)(F)F. The molecule has 0 aliphatic heterocycles. The number of carboxylic acid groups (broad SMARTS) is 1. The number of halogens is 4. The molecular formula is C20H13F4N5O2. The van der Waals surface area contributed by atoms with E-state index < -0.39 is 18.1 Å². The molecule has 31 heavy (non-hydrogen) atoms. The van der Waals surface area contributed by atoms with Crippen molar-refractivity contribution in [3.05, 3.63) is 67.0 Å². The average Bonchev–Trinajstić information content (AvgIpc) is 2.74. The number of hydrogen-bond donors (Lipinski definition) is 2. The summed E-state index contributed by atoms with van der Waals surface area (Å²) >= 11 is 0. The maximum atomic E-state index is 13.5. The molecule has 3 heterocycles. The van der Waals surface area contributed by atoms with Crippen LogP contribution in [0.15, 0.2) is 61.1 Å². The molecular weight excluding hydrogens is 418 g/mol. The van der Waals surface area contributed by atoms with Crippen LogP contribution < -0.4 is 5.73 Å². The van der Waals surface area contributed by atoms with Crippen molar-refractivity contribution >= 4 is 22.7 Å². The Morgan fingerprint density at radius 1 is 1.00 bits per heavy atom. The van der Waals surface area contributed by atoms with Gasteiger partial charge in [0.25, 0.3) is 0 Å². The van der Waals surface area contributed by atoms with Gasteiger partial charge in [-0.05, 0) is 35.9 Å². The number of hydrogen-bond acceptors (Lipinski definition) is 6. The van der Waals surface area contributed by atoms with Gasteiger partial charge in [-0.3, -0.25) is 4.98 Å². The summed E-state index contributed by atoms with van der Waals surface area (Å²) < 4.78 is 45.2. The second-order valence-electron chi connectivity index (χ2n) is 6.04. The molecule has 0 saturated heterocycles. The third kappa shape index (κ3) is 5.07. The largest absolute Gasteiger partial charge is 0.490 e. The van der Waals surface area contributed by atoms with Crippen molar-refractivity contribution in [3.63, 3.8) is 0 Å². The predicted octanol–water partition coefficient (Wildman–Crippen LogP) is 4.11. The number of rotatable bonds is 2. The van der Waals surface area contributed by atoms with Crippen molar-refractivity contribution in [1.82, 2.24) is 19.9 Å². The first-order valence-corrected chi connectivity index (χ1v) is 8.55. The van der Waals surface area contributed by atoms with Crippen LogP contribution in [0.25, 0.3) is 33.4 Å². The number of nitrogens with zero attached hydrogens (tertiary/aromatic N) is 4. The van der Waals surface area contributed by atoms with Crippen LogP contribution >= 0.6 is 0 Å². The van der Waals surface area contributed by atoms with Crippen molar-refractivity contribution in [2.24, 2.45) is 0 Å². The van der Waals surface area contributed by atoms with Crippen molar-refractivity contribution in [2.75, 3.05) is 5.73 Å². The minimum atomic E-state index is -5.08. The molecule has 0 aliphatic carbocycles. The van der Waals surface area contributed by atoms with Gasteiger partial charge in [0.15, 0.2) is 0 Å². The highest BCUT2D eigenvalue weighted by molar-refractivity contribution is 5.93. The van der Waals surface area contributed by atoms with Gasteiger partial charge in [-0.25, -0.2) is 19.7 Å². The third-order valence-electron chi connectivity index (χ3n) is 3.99. The molecule has 1 aromatic carbocycles. The van der Waals surface area contributed by atoms with Gasteiger partial charge < -0.3 is 10.8 Å². The number of benzene rings is 1. The number of aliphatic carboxylic acids is 1. The first-order chi connectivity index (χ1) is 14.7. The minimum Gasteiger partial charge on any atom is -0.475 e. The molecule has 3 N–H and O–H groups in total. The number of alkyl halides is 3. The molecule has 0 saturated carbocycles. The summed E-state index contributed by atoms with van der Waals surface area (Å²) in [6.07, 6.45) is -1.99. The van der Waals surface area contributed by atoms with Crippen LogP contribution in [0.3, 0.4) is 0 Å². The van der Waals surface area contributed by atoms with Crippen LogP contribution in [0.4, 0.5) is 23.4 Å². The topological polar surface area (TPSA) is 115 Å². The van der Waals surface area contributed by atoms with Crippen molar-refractivity contribution in [2.45, 2.75) is 6.18 Å². The smallest absolute Gasteiger partial charge is 0.475 e. The quantitative estimate of drug-likeness (QED) is 0.363. The van der Waals surface area contributed by atoms with E-state index in [2.05, 4.69) is 19.9 Å². The van der Waals surface area contributed by atoms with Crippen molar-refractivity contribution in [3.8, 4) is 22.5 Å². The fraction of sp³-hybridized carbons (Fsp3) is 0.0500. The summed E-state index contributed by atoms with van der Waals surface area (Å²) in [5.74, 6) is -2.89. The summed E-state index contributed by atoms with van der Waals surface area (Å²) in [6, 6.07) is 14.1. The van der Waals surface area contributed by atoms with Crippen LogP contribution in [-0.2, 0) is 4.79 Å². The number of carboxylic acids is 1. The molecule has 0 bridgehead atoms. The van der Waals surface area contributed by atoms with Crippen LogP contribution in [0, 0.1) is 5.95 Å². The highest BCUT2D eigenvalue weighted by Crippen LogP contribution is 2.31. The van der Waals surface area contributed by atoms with E-state index in [4.69, 9.17) is 15.6 Å². The van der Waals surface area contributed by atoms with Gasteiger partial charge in [-0.2, -0.15) is 17.6 Å². The van der Waals surface area contributed by atoms with E-state index in [1.54, 1.807) is 18.3 Å². The lowest BCUT2D eigenvalue weighted by atomic mass is 10.0. The van der Waals surface area contributed by atoms with Crippen molar-refractivity contribution < 1.29 is 27.5 Å². The number of fused-ring (bicyclic) bond motifs is 1. The second-order valence-corrected chi connectivity index (χ2v) is 6.04. The van der Waals surface area contributed by atoms with Crippen molar-refractivity contribution in [1.29, 1.82) is 0 Å². The lowest BCUT2D eigenvalue weighted by Crippen LogP contribution is -2.21. The zero-order chi connectivity index (χ0) is 22.6. The van der Waals surface area contributed by atoms with E-state index in [0.29, 0.717) is 17.2 Å². The van der Waals surface area contributed by atoms with E-state index in [1.807, 2.05) is 30.3 Å². The molecule has 7 nitrogen and oxygen atoms in total. The molecule has 0 spiro atoms. The molecule has 0 aliphatic rings. The van der Waals surface area contributed by atoms with Crippen LogP contribution in [-0.4, -0.2) is 37.2 Å². The van der Waals surface area contributed by atoms with Crippen LogP contribution in [0.2, 0.25) is 0 Å². The Balaban J connectivity index is 0.000000339. The molecule has 0 amide bonds. The van der Waals surface area contributed by atoms with Gasteiger partial charge >= 0.3 is 12.1 Å². The minimum absolute atomic E-state index is 0.413. The fourth-order valence-electron chi connectivity index (χ4n) is 2.63. The summed E-state index contributed by atoms with van der Waals surface area (Å²) in [7, 11) is 0. The molecule has 11 heteroatoms. The van der Waals surface area contributed by atoms with E-state index in [0.717, 1.165) is 22.0 Å². The van der Waals surface area contributed by atoms with Gasteiger partial charge in [0.05, 0.1) is 16.9 Å². The van der Waals surface area contributed by atoms with Gasteiger partial charge in [0.1, 0.15) is 12.1 Å². The fourth-order valence-corrected chi connectivity index (χ4v) is 2.63. The summed E-state index contributed by atoms with van der Waals surface area (Å²) in [6.45, 7) is 0. The maximum absolute atomic E-state index is 13.5. The Kier molecular flexibility index (Phi) is 6.05. The van der Waals surface area contributed by atoms with E-state index in [1.165, 1.54) is 12.4 Å². The molecule has 0 unspecified atom stereocenters. The molecule has 0 fully saturated rings. The van der Waals surface area contributed by atoms with Crippen LogP contribution in [0.5, 0.6) is 0 Å². The molecule has 4 aromatic rings. The monoisotopic (exact) mass is 431 g/mol. The number of carbonyl (C=O) groups is 1. The normalized spacial score (nSPS) is 11.0. The molecule has 4 rings (SSSR count). The molecule has 0 radical (unpaired) electrons. The zero-order valence-electron chi connectivity index (χ0n) is 15.5. The highest BCUT2D eigenvalue weighted by Gasteiger charge is 2.38. The maximum Gasteiger partial charge on any atom is 0.490 e. The second kappa shape index (κ2) is 8.69. The summed E-state index contributed by atoms with van der Waals surface area (Å²) in [5.41, 5.74) is 9.51. The Morgan fingerprint density at radius 2 is 1.74 bits per heavy atom. The molecule has 0 atom stereocenters.